The van der Waals surface area contributed by atoms with Crippen molar-refractivity contribution in [2.75, 3.05) is 38.2 Å². The predicted octanol–water partition coefficient (Wildman–Crippen LogP) is 3.02. The van der Waals surface area contributed by atoms with E-state index >= 15 is 0 Å². The largest absolute Gasteiger partial charge is 0.497 e. The number of hydrogen-bond donors (Lipinski definition) is 0. The lowest BCUT2D eigenvalue weighted by Gasteiger charge is -2.36. The van der Waals surface area contributed by atoms with Gasteiger partial charge in [0, 0.05) is 44.5 Å². The van der Waals surface area contributed by atoms with E-state index < -0.39 is 0 Å². The molecule has 2 aromatic rings. The highest BCUT2D eigenvalue weighted by atomic mass is 16.5. The molecule has 21 heavy (non-hydrogen) atoms. The third-order valence-corrected chi connectivity index (χ3v) is 4.04. The Morgan fingerprint density at radius 1 is 0.905 bits per heavy atom. The first kappa shape index (κ1) is 14.0. The molecule has 1 aliphatic rings. The van der Waals surface area contributed by atoms with E-state index in [1.807, 2.05) is 6.07 Å². The molecule has 0 bridgehead atoms. The standard InChI is InChI=1S/C18H22N2O/c1-21-18-9-5-8-17(14-18)20-12-10-19(11-13-20)15-16-6-3-2-4-7-16/h2-9,14H,10-13,15H2,1H3. The van der Waals surface area contributed by atoms with E-state index in [-0.39, 0.29) is 0 Å². The lowest BCUT2D eigenvalue weighted by molar-refractivity contribution is 0.250. The van der Waals surface area contributed by atoms with Gasteiger partial charge in [0.2, 0.25) is 0 Å². The zero-order valence-electron chi connectivity index (χ0n) is 12.5. The number of piperazine rings is 1. The second kappa shape index (κ2) is 6.64. The maximum atomic E-state index is 5.31. The fraction of sp³-hybridized carbons (Fsp3) is 0.333. The molecule has 0 atom stereocenters. The van der Waals surface area contributed by atoms with E-state index in [0.29, 0.717) is 0 Å². The smallest absolute Gasteiger partial charge is 0.120 e. The number of benzene rings is 2. The fourth-order valence-corrected chi connectivity index (χ4v) is 2.81. The number of methoxy groups -OCH3 is 1. The van der Waals surface area contributed by atoms with E-state index in [1.165, 1.54) is 11.3 Å². The number of rotatable bonds is 4. The molecule has 3 nitrogen and oxygen atoms in total. The molecule has 0 aromatic heterocycles. The number of hydrogen-bond acceptors (Lipinski definition) is 3. The van der Waals surface area contributed by atoms with Crippen molar-refractivity contribution in [3.8, 4) is 5.75 Å². The van der Waals surface area contributed by atoms with Crippen molar-refractivity contribution in [3.05, 3.63) is 60.2 Å². The van der Waals surface area contributed by atoms with Crippen LogP contribution in [0.2, 0.25) is 0 Å². The summed E-state index contributed by atoms with van der Waals surface area (Å²) in [4.78, 5) is 4.95. The van der Waals surface area contributed by atoms with Crippen molar-refractivity contribution in [2.24, 2.45) is 0 Å². The minimum Gasteiger partial charge on any atom is -0.497 e. The van der Waals surface area contributed by atoms with Crippen LogP contribution in [0.1, 0.15) is 5.56 Å². The highest BCUT2D eigenvalue weighted by Gasteiger charge is 2.17. The van der Waals surface area contributed by atoms with Gasteiger partial charge in [-0.25, -0.2) is 0 Å². The van der Waals surface area contributed by atoms with E-state index in [9.17, 15) is 0 Å². The van der Waals surface area contributed by atoms with Gasteiger partial charge in [-0.3, -0.25) is 4.90 Å². The Morgan fingerprint density at radius 2 is 1.67 bits per heavy atom. The maximum Gasteiger partial charge on any atom is 0.120 e. The van der Waals surface area contributed by atoms with Gasteiger partial charge in [-0.05, 0) is 17.7 Å². The normalized spacial score (nSPS) is 16.0. The zero-order valence-corrected chi connectivity index (χ0v) is 12.5. The van der Waals surface area contributed by atoms with Gasteiger partial charge in [0.05, 0.1) is 7.11 Å². The summed E-state index contributed by atoms with van der Waals surface area (Å²) in [6.07, 6.45) is 0. The molecule has 1 saturated heterocycles. The van der Waals surface area contributed by atoms with Crippen molar-refractivity contribution in [2.45, 2.75) is 6.54 Å². The van der Waals surface area contributed by atoms with Gasteiger partial charge in [-0.2, -0.15) is 0 Å². The van der Waals surface area contributed by atoms with Crippen LogP contribution < -0.4 is 9.64 Å². The Morgan fingerprint density at radius 3 is 2.38 bits per heavy atom. The summed E-state index contributed by atoms with van der Waals surface area (Å²) in [5.41, 5.74) is 2.65. The van der Waals surface area contributed by atoms with Crippen molar-refractivity contribution >= 4 is 5.69 Å². The Bertz CT molecular complexity index is 562. The Labute approximate surface area is 126 Å². The molecule has 1 aliphatic heterocycles. The van der Waals surface area contributed by atoms with Crippen molar-refractivity contribution in [1.82, 2.24) is 4.90 Å². The first-order valence-electron chi connectivity index (χ1n) is 7.50. The van der Waals surface area contributed by atoms with Crippen LogP contribution in [0, 0.1) is 0 Å². The van der Waals surface area contributed by atoms with Crippen molar-refractivity contribution in [3.63, 3.8) is 0 Å². The van der Waals surface area contributed by atoms with Crippen LogP contribution in [-0.2, 0) is 6.54 Å². The molecular weight excluding hydrogens is 260 g/mol. The first-order chi connectivity index (χ1) is 10.3. The summed E-state index contributed by atoms with van der Waals surface area (Å²) in [5.74, 6) is 0.930. The molecule has 2 aromatic carbocycles. The summed E-state index contributed by atoms with van der Waals surface area (Å²) >= 11 is 0. The SMILES string of the molecule is COc1cccc(N2CCN(Cc3ccccc3)CC2)c1. The molecule has 0 spiro atoms. The Kier molecular flexibility index (Phi) is 4.41. The third-order valence-electron chi connectivity index (χ3n) is 4.04. The van der Waals surface area contributed by atoms with Gasteiger partial charge in [0.1, 0.15) is 5.75 Å². The topological polar surface area (TPSA) is 15.7 Å². The van der Waals surface area contributed by atoms with Crippen LogP contribution in [0.5, 0.6) is 5.75 Å². The van der Waals surface area contributed by atoms with Gasteiger partial charge in [0.25, 0.3) is 0 Å². The van der Waals surface area contributed by atoms with Gasteiger partial charge in [-0.1, -0.05) is 36.4 Å². The van der Waals surface area contributed by atoms with Crippen LogP contribution in [-0.4, -0.2) is 38.2 Å². The second-order valence-corrected chi connectivity index (χ2v) is 5.45. The molecular formula is C18H22N2O. The van der Waals surface area contributed by atoms with Crippen LogP contribution in [0.4, 0.5) is 5.69 Å². The van der Waals surface area contributed by atoms with E-state index in [1.54, 1.807) is 7.11 Å². The zero-order chi connectivity index (χ0) is 14.5. The molecule has 3 rings (SSSR count). The molecule has 0 saturated carbocycles. The third kappa shape index (κ3) is 3.56. The second-order valence-electron chi connectivity index (χ2n) is 5.45. The van der Waals surface area contributed by atoms with Crippen LogP contribution in [0.3, 0.4) is 0 Å². The lowest BCUT2D eigenvalue weighted by Crippen LogP contribution is -2.45. The van der Waals surface area contributed by atoms with Crippen LogP contribution in [0.15, 0.2) is 54.6 Å². The maximum absolute atomic E-state index is 5.31. The molecule has 0 radical (unpaired) electrons. The van der Waals surface area contributed by atoms with Gasteiger partial charge in [-0.15, -0.1) is 0 Å². The van der Waals surface area contributed by atoms with E-state index in [2.05, 4.69) is 58.3 Å². The minimum atomic E-state index is 0.930. The molecule has 3 heteroatoms. The summed E-state index contributed by atoms with van der Waals surface area (Å²) < 4.78 is 5.31. The summed E-state index contributed by atoms with van der Waals surface area (Å²) in [6.45, 7) is 5.39. The van der Waals surface area contributed by atoms with Gasteiger partial charge >= 0.3 is 0 Å². The molecule has 1 heterocycles. The molecule has 0 N–H and O–H groups in total. The van der Waals surface area contributed by atoms with E-state index in [0.717, 1.165) is 38.5 Å². The number of ether oxygens (including phenoxy) is 1. The van der Waals surface area contributed by atoms with Crippen LogP contribution in [0.25, 0.3) is 0 Å². The molecule has 0 aliphatic carbocycles. The van der Waals surface area contributed by atoms with Crippen molar-refractivity contribution < 1.29 is 4.74 Å². The average Bonchev–Trinajstić information content (AvgIpc) is 2.56. The average molecular weight is 282 g/mol. The Balaban J connectivity index is 1.57. The number of anilines is 1. The predicted molar refractivity (Wildman–Crippen MR) is 86.9 cm³/mol. The van der Waals surface area contributed by atoms with Crippen LogP contribution >= 0.6 is 0 Å². The molecule has 0 unspecified atom stereocenters. The highest BCUT2D eigenvalue weighted by Crippen LogP contribution is 2.22. The minimum absolute atomic E-state index is 0.930. The van der Waals surface area contributed by atoms with Gasteiger partial charge < -0.3 is 9.64 Å². The highest BCUT2D eigenvalue weighted by molar-refractivity contribution is 5.51. The summed E-state index contributed by atoms with van der Waals surface area (Å²) in [7, 11) is 1.72. The van der Waals surface area contributed by atoms with E-state index in [4.69, 9.17) is 4.74 Å². The monoisotopic (exact) mass is 282 g/mol. The quantitative estimate of drug-likeness (QED) is 0.857. The van der Waals surface area contributed by atoms with Gasteiger partial charge in [0.15, 0.2) is 0 Å². The Hall–Kier alpha value is -2.00. The lowest BCUT2D eigenvalue weighted by atomic mass is 10.2. The number of nitrogens with zero attached hydrogens (tertiary/aromatic N) is 2. The summed E-state index contributed by atoms with van der Waals surface area (Å²) in [5, 5.41) is 0. The molecule has 110 valence electrons. The summed E-state index contributed by atoms with van der Waals surface area (Å²) in [6, 6.07) is 19.0. The molecule has 1 fully saturated rings. The molecule has 0 amide bonds. The fourth-order valence-electron chi connectivity index (χ4n) is 2.81. The van der Waals surface area contributed by atoms with Crippen molar-refractivity contribution in [1.29, 1.82) is 0 Å². The first-order valence-corrected chi connectivity index (χ1v) is 7.50.